The van der Waals surface area contributed by atoms with E-state index >= 15 is 0 Å². The number of nitrogens with zero attached hydrogens (tertiary/aromatic N) is 3. The number of halogens is 4. The number of hydrogen-bond donors (Lipinski definition) is 1. The minimum Gasteiger partial charge on any atom is -0.324 e. The number of carbonyl (C=O) groups is 2. The molecule has 4 rings (SSSR count). The number of fused-ring (bicyclic) bond motifs is 2. The van der Waals surface area contributed by atoms with Crippen LogP contribution in [0.2, 0.25) is 0 Å². The highest BCUT2D eigenvalue weighted by atomic mass is 79.9. The first-order valence-electron chi connectivity index (χ1n) is 9.07. The van der Waals surface area contributed by atoms with Crippen LogP contribution < -0.4 is 15.8 Å². The molecule has 0 bridgehead atoms. The Balaban J connectivity index is 1.78. The minimum atomic E-state index is -4.86. The lowest BCUT2D eigenvalue weighted by atomic mass is 10.1. The van der Waals surface area contributed by atoms with Gasteiger partial charge in [0.2, 0.25) is 11.8 Å². The Kier molecular flexibility index (Phi) is 5.29. The van der Waals surface area contributed by atoms with Crippen molar-refractivity contribution in [2.75, 3.05) is 10.2 Å². The average Bonchev–Trinajstić information content (AvgIpc) is 2.86. The Morgan fingerprint density at radius 1 is 1.19 bits per heavy atom. The molecule has 3 aromatic rings. The van der Waals surface area contributed by atoms with Gasteiger partial charge in [0.15, 0.2) is 0 Å². The molecule has 0 aliphatic carbocycles. The van der Waals surface area contributed by atoms with E-state index in [0.29, 0.717) is 14.9 Å². The van der Waals surface area contributed by atoms with Crippen LogP contribution in [0.4, 0.5) is 24.5 Å². The third kappa shape index (κ3) is 4.05. The zero-order valence-electron chi connectivity index (χ0n) is 15.7. The van der Waals surface area contributed by atoms with E-state index in [2.05, 4.69) is 26.2 Å². The number of hydrogen-bond acceptors (Lipinski definition) is 4. The minimum absolute atomic E-state index is 0.0838. The van der Waals surface area contributed by atoms with Crippen LogP contribution in [0.3, 0.4) is 0 Å². The van der Waals surface area contributed by atoms with Crippen molar-refractivity contribution >= 4 is 50.0 Å². The number of carbonyl (C=O) groups excluding carboxylic acids is 2. The molecular formula is C20H14BrF3N4O3. The molecule has 0 radical (unpaired) electrons. The molecule has 2 amide bonds. The lowest BCUT2D eigenvalue weighted by Gasteiger charge is -2.31. The standard InChI is InChI=1S/C20H14BrF3N4O3/c21-11-5-6-13-12(7-11)19(31)27(10-25-13)9-18(30)28-15-4-2-1-3-14(15)26-17(29)8-16(28)20(22,23)24/h1-7,10,16H,8-9H2,(H,26,29). The van der Waals surface area contributed by atoms with Crippen LogP contribution in [0, 0.1) is 0 Å². The lowest BCUT2D eigenvalue weighted by molar-refractivity contribution is -0.158. The Labute approximate surface area is 181 Å². The molecule has 0 fully saturated rings. The molecule has 7 nitrogen and oxygen atoms in total. The monoisotopic (exact) mass is 494 g/mol. The molecule has 1 aromatic heterocycles. The number of amides is 2. The maximum atomic E-state index is 13.8. The smallest absolute Gasteiger partial charge is 0.324 e. The number of alkyl halides is 3. The fraction of sp³-hybridized carbons (Fsp3) is 0.200. The van der Waals surface area contributed by atoms with Gasteiger partial charge in [0.25, 0.3) is 5.56 Å². The molecule has 1 atom stereocenters. The first kappa shape index (κ1) is 21.0. The Morgan fingerprint density at radius 2 is 1.94 bits per heavy atom. The van der Waals surface area contributed by atoms with Gasteiger partial charge in [0.1, 0.15) is 12.6 Å². The zero-order chi connectivity index (χ0) is 22.3. The molecule has 2 aromatic carbocycles. The number of benzene rings is 2. The van der Waals surface area contributed by atoms with Gasteiger partial charge in [-0.25, -0.2) is 4.98 Å². The second kappa shape index (κ2) is 7.80. The Morgan fingerprint density at radius 3 is 2.68 bits per heavy atom. The number of rotatable bonds is 2. The van der Waals surface area contributed by atoms with Gasteiger partial charge >= 0.3 is 6.18 Å². The summed E-state index contributed by atoms with van der Waals surface area (Å²) in [6.07, 6.45) is -4.70. The van der Waals surface area contributed by atoms with Crippen LogP contribution >= 0.6 is 15.9 Å². The van der Waals surface area contributed by atoms with Crippen molar-refractivity contribution in [2.45, 2.75) is 25.2 Å². The van der Waals surface area contributed by atoms with E-state index in [0.717, 1.165) is 10.9 Å². The first-order valence-corrected chi connectivity index (χ1v) is 9.87. The summed E-state index contributed by atoms with van der Waals surface area (Å²) >= 11 is 3.25. The van der Waals surface area contributed by atoms with Gasteiger partial charge < -0.3 is 5.32 Å². The largest absolute Gasteiger partial charge is 0.409 e. The van der Waals surface area contributed by atoms with Crippen molar-refractivity contribution in [3.8, 4) is 0 Å². The predicted molar refractivity (Wildman–Crippen MR) is 111 cm³/mol. The molecule has 0 spiro atoms. The fourth-order valence-corrected chi connectivity index (χ4v) is 3.82. The third-order valence-electron chi connectivity index (χ3n) is 4.87. The summed E-state index contributed by atoms with van der Waals surface area (Å²) in [6.45, 7) is -0.677. The number of nitrogens with one attached hydrogen (secondary N) is 1. The van der Waals surface area contributed by atoms with Crippen molar-refractivity contribution in [3.05, 3.63) is 63.6 Å². The Hall–Kier alpha value is -3.21. The summed E-state index contributed by atoms with van der Waals surface area (Å²) in [4.78, 5) is 42.6. The van der Waals surface area contributed by atoms with E-state index in [1.165, 1.54) is 30.3 Å². The quantitative estimate of drug-likeness (QED) is 0.591. The van der Waals surface area contributed by atoms with E-state index in [1.807, 2.05) is 0 Å². The fourth-order valence-electron chi connectivity index (χ4n) is 3.46. The normalized spacial score (nSPS) is 16.6. The molecule has 11 heteroatoms. The molecule has 160 valence electrons. The van der Waals surface area contributed by atoms with E-state index in [-0.39, 0.29) is 16.8 Å². The lowest BCUT2D eigenvalue weighted by Crippen LogP contribution is -2.51. The van der Waals surface area contributed by atoms with Gasteiger partial charge in [-0.2, -0.15) is 13.2 Å². The van der Waals surface area contributed by atoms with E-state index in [4.69, 9.17) is 0 Å². The van der Waals surface area contributed by atoms with Gasteiger partial charge in [-0.1, -0.05) is 28.1 Å². The van der Waals surface area contributed by atoms with Crippen LogP contribution in [0.5, 0.6) is 0 Å². The molecule has 1 aliphatic heterocycles. The predicted octanol–water partition coefficient (Wildman–Crippen LogP) is 3.47. The maximum absolute atomic E-state index is 13.8. The van der Waals surface area contributed by atoms with Crippen molar-refractivity contribution in [2.24, 2.45) is 0 Å². The third-order valence-corrected chi connectivity index (χ3v) is 5.36. The highest BCUT2D eigenvalue weighted by Crippen LogP contribution is 2.37. The zero-order valence-corrected chi connectivity index (χ0v) is 17.3. The second-order valence-corrected chi connectivity index (χ2v) is 7.85. The second-order valence-electron chi connectivity index (χ2n) is 6.93. The van der Waals surface area contributed by atoms with Crippen molar-refractivity contribution in [3.63, 3.8) is 0 Å². The molecule has 1 aliphatic rings. The van der Waals surface area contributed by atoms with Crippen molar-refractivity contribution in [1.82, 2.24) is 9.55 Å². The highest BCUT2D eigenvalue weighted by Gasteiger charge is 2.49. The average molecular weight is 495 g/mol. The topological polar surface area (TPSA) is 84.3 Å². The first-order chi connectivity index (χ1) is 14.6. The SMILES string of the molecule is O=C1CC(C(F)(F)F)N(C(=O)Cn2cnc3ccc(Br)cc3c2=O)c2ccccc2N1. The van der Waals surface area contributed by atoms with Gasteiger partial charge in [0.05, 0.1) is 35.0 Å². The van der Waals surface area contributed by atoms with E-state index in [9.17, 15) is 27.6 Å². The van der Waals surface area contributed by atoms with Crippen LogP contribution in [0.25, 0.3) is 10.9 Å². The molecule has 1 N–H and O–H groups in total. The summed E-state index contributed by atoms with van der Waals surface area (Å²) in [7, 11) is 0. The van der Waals surface area contributed by atoms with Crippen LogP contribution in [0.1, 0.15) is 6.42 Å². The molecule has 0 saturated carbocycles. The van der Waals surface area contributed by atoms with Gasteiger partial charge in [-0.3, -0.25) is 23.9 Å². The molecule has 1 unspecified atom stereocenters. The number of anilines is 2. The van der Waals surface area contributed by atoms with E-state index < -0.39 is 42.6 Å². The number of aromatic nitrogens is 2. The van der Waals surface area contributed by atoms with Crippen molar-refractivity contribution in [1.29, 1.82) is 0 Å². The summed E-state index contributed by atoms with van der Waals surface area (Å²) < 4.78 is 43.0. The van der Waals surface area contributed by atoms with Gasteiger partial charge in [0, 0.05) is 4.47 Å². The number of para-hydroxylation sites is 2. The summed E-state index contributed by atoms with van der Waals surface area (Å²) in [6, 6.07) is 8.17. The van der Waals surface area contributed by atoms with Crippen LogP contribution in [-0.2, 0) is 16.1 Å². The highest BCUT2D eigenvalue weighted by molar-refractivity contribution is 9.10. The van der Waals surface area contributed by atoms with E-state index in [1.54, 1.807) is 12.1 Å². The summed E-state index contributed by atoms with van der Waals surface area (Å²) in [5.41, 5.74) is -0.189. The maximum Gasteiger partial charge on any atom is 0.409 e. The Bertz CT molecular complexity index is 1260. The molecule has 0 saturated heterocycles. The summed E-state index contributed by atoms with van der Waals surface area (Å²) in [5, 5.41) is 2.61. The summed E-state index contributed by atoms with van der Waals surface area (Å²) in [5.74, 6) is -1.86. The molecule has 31 heavy (non-hydrogen) atoms. The van der Waals surface area contributed by atoms with Crippen molar-refractivity contribution < 1.29 is 22.8 Å². The van der Waals surface area contributed by atoms with Crippen LogP contribution in [-0.4, -0.2) is 33.6 Å². The van der Waals surface area contributed by atoms with Gasteiger partial charge in [-0.15, -0.1) is 0 Å². The van der Waals surface area contributed by atoms with Gasteiger partial charge in [-0.05, 0) is 30.3 Å². The molecule has 2 heterocycles. The van der Waals surface area contributed by atoms with Crippen LogP contribution in [0.15, 0.2) is 58.1 Å². The molecular weight excluding hydrogens is 481 g/mol.